The molecule has 0 aliphatic carbocycles. The largest absolute Gasteiger partial charge is 0.481 e. The number of aromatic nitrogens is 2. The number of amides is 1. The second-order valence-electron chi connectivity index (χ2n) is 4.35. The highest BCUT2D eigenvalue weighted by atomic mass is 16.4. The lowest BCUT2D eigenvalue weighted by Crippen LogP contribution is -2.43. The van der Waals surface area contributed by atoms with Crippen LogP contribution in [0.25, 0.3) is 0 Å². The first-order chi connectivity index (χ1) is 9.41. The second kappa shape index (κ2) is 7.27. The Bertz CT molecular complexity index is 471. The van der Waals surface area contributed by atoms with Crippen molar-refractivity contribution in [3.05, 3.63) is 18.5 Å². The normalized spacial score (nSPS) is 13.4. The molecule has 0 aromatic carbocycles. The van der Waals surface area contributed by atoms with Crippen molar-refractivity contribution in [1.82, 2.24) is 15.1 Å². The van der Waals surface area contributed by atoms with E-state index >= 15 is 0 Å². The summed E-state index contributed by atoms with van der Waals surface area (Å²) in [5.41, 5.74) is 0. The molecule has 20 heavy (non-hydrogen) atoms. The van der Waals surface area contributed by atoms with Crippen LogP contribution < -0.4 is 5.32 Å². The Kier molecular flexibility index (Phi) is 5.70. The van der Waals surface area contributed by atoms with Gasteiger partial charge in [0.05, 0.1) is 0 Å². The molecular formula is C12H17N3O5. The van der Waals surface area contributed by atoms with Gasteiger partial charge in [-0.15, -0.1) is 0 Å². The number of carbonyl (C=O) groups is 3. The van der Waals surface area contributed by atoms with Gasteiger partial charge < -0.3 is 15.5 Å². The minimum absolute atomic E-state index is 0.0687. The molecule has 1 aromatic heterocycles. The molecule has 0 fully saturated rings. The van der Waals surface area contributed by atoms with E-state index in [2.05, 4.69) is 10.4 Å². The number of rotatable bonds is 8. The lowest BCUT2D eigenvalue weighted by molar-refractivity contribution is -0.143. The second-order valence-corrected chi connectivity index (χ2v) is 4.35. The number of nitrogens with zero attached hydrogens (tertiary/aromatic N) is 2. The summed E-state index contributed by atoms with van der Waals surface area (Å²) in [5.74, 6) is -2.65. The Balaban J connectivity index is 2.54. The molecular weight excluding hydrogens is 266 g/mol. The van der Waals surface area contributed by atoms with Crippen molar-refractivity contribution in [2.75, 3.05) is 0 Å². The third-order valence-corrected chi connectivity index (χ3v) is 2.80. The summed E-state index contributed by atoms with van der Waals surface area (Å²) in [6.07, 6.45) is 3.24. The van der Waals surface area contributed by atoms with Crippen molar-refractivity contribution in [2.24, 2.45) is 0 Å². The summed E-state index contributed by atoms with van der Waals surface area (Å²) in [6.45, 7) is 1.60. The van der Waals surface area contributed by atoms with E-state index in [0.29, 0.717) is 0 Å². The first kappa shape index (κ1) is 15.7. The first-order valence-corrected chi connectivity index (χ1v) is 6.16. The number of carbonyl (C=O) groups excluding carboxylic acids is 1. The number of carboxylic acid groups (broad SMARTS) is 2. The Hall–Kier alpha value is -2.38. The van der Waals surface area contributed by atoms with Gasteiger partial charge in [0.1, 0.15) is 12.1 Å². The highest BCUT2D eigenvalue weighted by Gasteiger charge is 2.23. The van der Waals surface area contributed by atoms with Crippen LogP contribution in [0.2, 0.25) is 0 Å². The molecule has 0 saturated carbocycles. The van der Waals surface area contributed by atoms with Crippen molar-refractivity contribution in [3.63, 3.8) is 0 Å². The van der Waals surface area contributed by atoms with E-state index in [1.54, 1.807) is 19.2 Å². The van der Waals surface area contributed by atoms with Gasteiger partial charge >= 0.3 is 11.9 Å². The zero-order valence-electron chi connectivity index (χ0n) is 11.0. The summed E-state index contributed by atoms with van der Waals surface area (Å²) in [5, 5.41) is 23.8. The minimum Gasteiger partial charge on any atom is -0.481 e. The minimum atomic E-state index is -1.18. The Morgan fingerprint density at radius 2 is 2.05 bits per heavy atom. The summed E-state index contributed by atoms with van der Waals surface area (Å²) in [6, 6.07) is -0.0723. The Labute approximate surface area is 115 Å². The fourth-order valence-electron chi connectivity index (χ4n) is 1.64. The molecule has 1 amide bonds. The molecule has 0 spiro atoms. The van der Waals surface area contributed by atoms with E-state index in [0.717, 1.165) is 0 Å². The topological polar surface area (TPSA) is 122 Å². The predicted molar refractivity (Wildman–Crippen MR) is 68.0 cm³/mol. The standard InChI is InChI=1S/C12H17N3O5/c1-8(15-7-3-6-13-15)11(18)14-9(12(19)20)4-2-5-10(16)17/h3,6-9H,2,4-5H2,1H3,(H,14,18)(H,16,17)(H,19,20)/t8?,9-/m1/s1. The predicted octanol–water partition coefficient (Wildman–Crippen LogP) is 0.268. The van der Waals surface area contributed by atoms with Crippen molar-refractivity contribution in [3.8, 4) is 0 Å². The molecule has 1 heterocycles. The maximum atomic E-state index is 11.9. The van der Waals surface area contributed by atoms with Crippen molar-refractivity contribution in [1.29, 1.82) is 0 Å². The monoisotopic (exact) mass is 283 g/mol. The van der Waals surface area contributed by atoms with Crippen LogP contribution in [0.5, 0.6) is 0 Å². The molecule has 1 unspecified atom stereocenters. The molecule has 0 aliphatic heterocycles. The Morgan fingerprint density at radius 1 is 1.35 bits per heavy atom. The van der Waals surface area contributed by atoms with Crippen LogP contribution >= 0.6 is 0 Å². The molecule has 110 valence electrons. The van der Waals surface area contributed by atoms with Crippen molar-refractivity contribution >= 4 is 17.8 Å². The number of nitrogens with one attached hydrogen (secondary N) is 1. The number of aliphatic carboxylic acids is 2. The van der Waals surface area contributed by atoms with Gasteiger partial charge in [-0.25, -0.2) is 4.79 Å². The molecule has 0 aliphatic rings. The maximum absolute atomic E-state index is 11.9. The molecule has 1 rings (SSSR count). The quantitative estimate of drug-likeness (QED) is 0.629. The van der Waals surface area contributed by atoms with Gasteiger partial charge in [-0.1, -0.05) is 0 Å². The van der Waals surface area contributed by atoms with Gasteiger partial charge in [0.25, 0.3) is 0 Å². The van der Waals surface area contributed by atoms with E-state index in [1.807, 2.05) is 0 Å². The summed E-state index contributed by atoms with van der Waals surface area (Å²) in [7, 11) is 0. The molecule has 0 bridgehead atoms. The Morgan fingerprint density at radius 3 is 2.55 bits per heavy atom. The molecule has 0 saturated heterocycles. The molecule has 2 atom stereocenters. The van der Waals surface area contributed by atoms with E-state index in [4.69, 9.17) is 10.2 Å². The van der Waals surface area contributed by atoms with E-state index in [1.165, 1.54) is 10.9 Å². The van der Waals surface area contributed by atoms with Crippen LogP contribution in [0.3, 0.4) is 0 Å². The smallest absolute Gasteiger partial charge is 0.326 e. The highest BCUT2D eigenvalue weighted by molar-refractivity contribution is 5.85. The average molecular weight is 283 g/mol. The van der Waals surface area contributed by atoms with Crippen LogP contribution in [0.4, 0.5) is 0 Å². The third kappa shape index (κ3) is 4.71. The van der Waals surface area contributed by atoms with E-state index in [9.17, 15) is 14.4 Å². The molecule has 8 heteroatoms. The van der Waals surface area contributed by atoms with Crippen LogP contribution in [0.15, 0.2) is 18.5 Å². The zero-order valence-corrected chi connectivity index (χ0v) is 11.0. The lowest BCUT2D eigenvalue weighted by atomic mass is 10.1. The van der Waals surface area contributed by atoms with Gasteiger partial charge in [0, 0.05) is 18.8 Å². The fourth-order valence-corrected chi connectivity index (χ4v) is 1.64. The zero-order chi connectivity index (χ0) is 15.1. The van der Waals surface area contributed by atoms with Crippen molar-refractivity contribution in [2.45, 2.75) is 38.3 Å². The van der Waals surface area contributed by atoms with Crippen LogP contribution in [0.1, 0.15) is 32.2 Å². The maximum Gasteiger partial charge on any atom is 0.326 e. The third-order valence-electron chi connectivity index (χ3n) is 2.80. The average Bonchev–Trinajstić information content (AvgIpc) is 2.89. The van der Waals surface area contributed by atoms with Gasteiger partial charge in [-0.3, -0.25) is 14.3 Å². The van der Waals surface area contributed by atoms with Crippen LogP contribution in [-0.2, 0) is 14.4 Å². The SMILES string of the molecule is CC(C(=O)N[C@H](CCCC(=O)O)C(=O)O)n1cccn1. The van der Waals surface area contributed by atoms with Gasteiger partial charge in [0.15, 0.2) is 0 Å². The van der Waals surface area contributed by atoms with Gasteiger partial charge in [-0.2, -0.15) is 5.10 Å². The lowest BCUT2D eigenvalue weighted by Gasteiger charge is -2.17. The molecule has 0 radical (unpaired) electrons. The van der Waals surface area contributed by atoms with Gasteiger partial charge in [-0.05, 0) is 25.8 Å². The number of hydrogen-bond acceptors (Lipinski definition) is 4. The highest BCUT2D eigenvalue weighted by Crippen LogP contribution is 2.07. The van der Waals surface area contributed by atoms with Gasteiger partial charge in [0.2, 0.25) is 5.91 Å². The molecule has 3 N–H and O–H groups in total. The fraction of sp³-hybridized carbons (Fsp3) is 0.500. The van der Waals surface area contributed by atoms with Crippen LogP contribution in [0, 0.1) is 0 Å². The van der Waals surface area contributed by atoms with Crippen LogP contribution in [-0.4, -0.2) is 43.9 Å². The number of carboxylic acids is 2. The summed E-state index contributed by atoms with van der Waals surface area (Å²) >= 11 is 0. The summed E-state index contributed by atoms with van der Waals surface area (Å²) in [4.78, 5) is 33.3. The molecule has 8 nitrogen and oxygen atoms in total. The van der Waals surface area contributed by atoms with E-state index in [-0.39, 0.29) is 19.3 Å². The van der Waals surface area contributed by atoms with E-state index < -0.39 is 29.9 Å². The molecule has 1 aromatic rings. The van der Waals surface area contributed by atoms with Crippen molar-refractivity contribution < 1.29 is 24.6 Å². The first-order valence-electron chi connectivity index (χ1n) is 6.16. The number of hydrogen-bond donors (Lipinski definition) is 3. The summed E-state index contributed by atoms with van der Waals surface area (Å²) < 4.78 is 1.41.